The summed E-state index contributed by atoms with van der Waals surface area (Å²) in [5.74, 6) is -0.646. The van der Waals surface area contributed by atoms with Gasteiger partial charge in [0.1, 0.15) is 0 Å². The molecule has 148 valence electrons. The second-order valence-corrected chi connectivity index (χ2v) is 10.1. The second kappa shape index (κ2) is 6.53. The third-order valence-corrected chi connectivity index (χ3v) is 8.07. The molecule has 2 aliphatic carbocycles. The third kappa shape index (κ3) is 2.85. The van der Waals surface area contributed by atoms with Crippen molar-refractivity contribution in [3.63, 3.8) is 0 Å². The number of fused-ring (bicyclic) bond motifs is 5. The number of imide groups is 1. The summed E-state index contributed by atoms with van der Waals surface area (Å²) in [5.41, 5.74) is 0.839. The molecule has 5 rings (SSSR count). The van der Waals surface area contributed by atoms with Gasteiger partial charge in [0.05, 0.1) is 28.1 Å². The predicted molar refractivity (Wildman–Crippen MR) is 112 cm³/mol. The molecular weight excluding hydrogens is 456 g/mol. The lowest BCUT2D eigenvalue weighted by molar-refractivity contribution is -0.123. The molecule has 1 unspecified atom stereocenters. The molecule has 1 saturated heterocycles. The molecule has 29 heavy (non-hydrogen) atoms. The minimum absolute atomic E-state index is 0.0537. The van der Waals surface area contributed by atoms with Crippen molar-refractivity contribution in [2.24, 2.45) is 23.7 Å². The molecule has 2 amide bonds. The molecule has 1 aliphatic heterocycles. The van der Waals surface area contributed by atoms with E-state index in [9.17, 15) is 18.0 Å². The Labute approximate surface area is 176 Å². The first-order chi connectivity index (χ1) is 13.9. The maximum Gasteiger partial charge on any atom is 0.261 e. The topological polar surface area (TPSA) is 83.6 Å². The molecule has 1 N–H and O–H groups in total. The van der Waals surface area contributed by atoms with E-state index in [1.54, 1.807) is 24.3 Å². The van der Waals surface area contributed by atoms with E-state index >= 15 is 0 Å². The lowest BCUT2D eigenvalue weighted by Crippen LogP contribution is -2.32. The molecule has 1 heterocycles. The maximum absolute atomic E-state index is 12.9. The molecule has 4 atom stereocenters. The van der Waals surface area contributed by atoms with Gasteiger partial charge >= 0.3 is 0 Å². The Bertz CT molecular complexity index is 1130. The Morgan fingerprint density at radius 3 is 2.07 bits per heavy atom. The van der Waals surface area contributed by atoms with Crippen LogP contribution in [0.1, 0.15) is 6.42 Å². The van der Waals surface area contributed by atoms with Gasteiger partial charge in [-0.15, -0.1) is 0 Å². The highest BCUT2D eigenvalue weighted by Crippen LogP contribution is 2.53. The van der Waals surface area contributed by atoms with E-state index in [0.717, 1.165) is 6.42 Å². The van der Waals surface area contributed by atoms with Crippen molar-refractivity contribution in [1.29, 1.82) is 0 Å². The quantitative estimate of drug-likeness (QED) is 0.544. The normalized spacial score (nSPS) is 27.6. The molecule has 2 bridgehead atoms. The highest BCUT2D eigenvalue weighted by Gasteiger charge is 2.59. The van der Waals surface area contributed by atoms with Crippen molar-refractivity contribution in [3.8, 4) is 0 Å². The van der Waals surface area contributed by atoms with Gasteiger partial charge in [-0.3, -0.25) is 19.2 Å². The van der Waals surface area contributed by atoms with Gasteiger partial charge in [0.25, 0.3) is 10.0 Å². The van der Waals surface area contributed by atoms with Gasteiger partial charge in [-0.2, -0.15) is 0 Å². The van der Waals surface area contributed by atoms with Crippen LogP contribution in [0.15, 0.2) is 70.1 Å². The van der Waals surface area contributed by atoms with Crippen LogP contribution in [0, 0.1) is 23.7 Å². The summed E-state index contributed by atoms with van der Waals surface area (Å²) in [6.45, 7) is 0. The van der Waals surface area contributed by atoms with Gasteiger partial charge in [-0.25, -0.2) is 8.42 Å². The number of hydrogen-bond donors (Lipinski definition) is 1. The van der Waals surface area contributed by atoms with Crippen molar-refractivity contribution in [2.45, 2.75) is 11.3 Å². The summed E-state index contributed by atoms with van der Waals surface area (Å²) in [6, 6.07) is 12.8. The van der Waals surface area contributed by atoms with Gasteiger partial charge in [-0.05, 0) is 70.6 Å². The minimum atomic E-state index is -3.80. The zero-order chi connectivity index (χ0) is 20.3. The maximum atomic E-state index is 12.9. The zero-order valence-corrected chi connectivity index (χ0v) is 17.6. The van der Waals surface area contributed by atoms with Gasteiger partial charge in [0, 0.05) is 4.47 Å². The molecule has 0 spiro atoms. The summed E-state index contributed by atoms with van der Waals surface area (Å²) < 4.78 is 28.5. The van der Waals surface area contributed by atoms with E-state index in [1.807, 2.05) is 12.2 Å². The molecule has 2 aromatic carbocycles. The van der Waals surface area contributed by atoms with Crippen LogP contribution in [0.5, 0.6) is 0 Å². The summed E-state index contributed by atoms with van der Waals surface area (Å²) in [6.07, 6.45) is 4.96. The van der Waals surface area contributed by atoms with Crippen LogP contribution in [-0.2, 0) is 19.6 Å². The number of allylic oxidation sites excluding steroid dienone is 2. The number of benzene rings is 2. The van der Waals surface area contributed by atoms with Crippen molar-refractivity contribution < 1.29 is 18.0 Å². The lowest BCUT2D eigenvalue weighted by Gasteiger charge is -2.18. The van der Waals surface area contributed by atoms with E-state index in [4.69, 9.17) is 0 Å². The number of hydrogen-bond acceptors (Lipinski definition) is 4. The van der Waals surface area contributed by atoms with Crippen LogP contribution in [0.4, 0.5) is 11.4 Å². The number of carbonyl (C=O) groups excluding carboxylic acids is 2. The molecule has 0 radical (unpaired) electrons. The van der Waals surface area contributed by atoms with E-state index in [-0.39, 0.29) is 40.4 Å². The smallest absolute Gasteiger partial charge is 0.261 e. The largest absolute Gasteiger partial charge is 0.278 e. The number of nitrogens with one attached hydrogen (secondary N) is 1. The van der Waals surface area contributed by atoms with Crippen LogP contribution in [0.2, 0.25) is 0 Å². The van der Waals surface area contributed by atoms with E-state index < -0.39 is 10.0 Å². The van der Waals surface area contributed by atoms with Crippen LogP contribution >= 0.6 is 15.9 Å². The molecule has 8 heteroatoms. The highest BCUT2D eigenvalue weighted by atomic mass is 79.9. The van der Waals surface area contributed by atoms with Crippen molar-refractivity contribution >= 4 is 49.1 Å². The molecule has 2 fully saturated rings. The molecule has 3 aliphatic rings. The number of halogens is 1. The molecular formula is C21H17BrN2O4S. The molecule has 0 aromatic heterocycles. The number of amides is 2. The first-order valence-electron chi connectivity index (χ1n) is 9.30. The summed E-state index contributed by atoms with van der Waals surface area (Å²) in [4.78, 5) is 27.0. The molecule has 6 nitrogen and oxygen atoms in total. The first-order valence-corrected chi connectivity index (χ1v) is 11.6. The van der Waals surface area contributed by atoms with Crippen LogP contribution in [0.3, 0.4) is 0 Å². The van der Waals surface area contributed by atoms with Crippen LogP contribution in [-0.4, -0.2) is 20.2 Å². The van der Waals surface area contributed by atoms with Gasteiger partial charge in [0.2, 0.25) is 11.8 Å². The fourth-order valence-electron chi connectivity index (χ4n) is 4.68. The van der Waals surface area contributed by atoms with E-state index in [2.05, 4.69) is 20.7 Å². The Balaban J connectivity index is 1.40. The fraction of sp³-hybridized carbons (Fsp3) is 0.238. The monoisotopic (exact) mass is 472 g/mol. The van der Waals surface area contributed by atoms with Crippen molar-refractivity contribution in [1.82, 2.24) is 0 Å². The number of carbonyl (C=O) groups is 2. The number of para-hydroxylation sites is 1. The summed E-state index contributed by atoms with van der Waals surface area (Å²) >= 11 is 3.32. The van der Waals surface area contributed by atoms with E-state index in [0.29, 0.717) is 15.8 Å². The highest BCUT2D eigenvalue weighted by molar-refractivity contribution is 9.10. The third-order valence-electron chi connectivity index (χ3n) is 5.99. The number of rotatable bonds is 4. The molecule has 1 saturated carbocycles. The van der Waals surface area contributed by atoms with Gasteiger partial charge in [0.15, 0.2) is 0 Å². The number of anilines is 2. The Morgan fingerprint density at radius 1 is 0.897 bits per heavy atom. The average Bonchev–Trinajstić information content (AvgIpc) is 3.38. The number of sulfonamides is 1. The molecule has 2 aromatic rings. The second-order valence-electron chi connectivity index (χ2n) is 7.59. The SMILES string of the molecule is O=C1[C@H]2[C@@H]3C=CC(C3)[C@H]2C(=O)N1c1ccc(S(=O)(=O)Nc2ccccc2Br)cc1. The van der Waals surface area contributed by atoms with Gasteiger partial charge < -0.3 is 0 Å². The number of nitrogens with zero attached hydrogens (tertiary/aromatic N) is 1. The standard InChI is InChI=1S/C21H17BrN2O4S/c22-16-3-1-2-4-17(16)23-29(27,28)15-9-7-14(8-10-15)24-20(25)18-12-5-6-13(11-12)19(18)21(24)26/h1-10,12-13,18-19,23H,11H2/t12-,13?,18+,19-/m1/s1. The zero-order valence-electron chi connectivity index (χ0n) is 15.2. The Morgan fingerprint density at radius 2 is 1.48 bits per heavy atom. The predicted octanol–water partition coefficient (Wildman–Crippen LogP) is 3.56. The Hall–Kier alpha value is -2.45. The van der Waals surface area contributed by atoms with Crippen molar-refractivity contribution in [2.75, 3.05) is 9.62 Å². The minimum Gasteiger partial charge on any atom is -0.278 e. The summed E-state index contributed by atoms with van der Waals surface area (Å²) in [5, 5.41) is 0. The lowest BCUT2D eigenvalue weighted by atomic mass is 9.85. The van der Waals surface area contributed by atoms with Crippen LogP contribution < -0.4 is 9.62 Å². The fourth-order valence-corrected chi connectivity index (χ4v) is 6.27. The Kier molecular flexibility index (Phi) is 4.18. The van der Waals surface area contributed by atoms with Crippen molar-refractivity contribution in [3.05, 3.63) is 65.2 Å². The van der Waals surface area contributed by atoms with E-state index in [1.165, 1.54) is 29.2 Å². The van der Waals surface area contributed by atoms with Gasteiger partial charge in [-0.1, -0.05) is 24.3 Å². The first kappa shape index (κ1) is 18.6. The summed E-state index contributed by atoms with van der Waals surface area (Å²) in [7, 11) is -3.80. The van der Waals surface area contributed by atoms with Crippen LogP contribution in [0.25, 0.3) is 0 Å². The average molecular weight is 473 g/mol.